The van der Waals surface area contributed by atoms with Crippen LogP contribution in [-0.2, 0) is 4.79 Å². The van der Waals surface area contributed by atoms with Crippen LogP contribution in [0.25, 0.3) is 0 Å². The monoisotopic (exact) mass is 388 g/mol. The summed E-state index contributed by atoms with van der Waals surface area (Å²) in [6, 6.07) is 23.6. The van der Waals surface area contributed by atoms with Gasteiger partial charge in [-0.1, -0.05) is 48.9 Å². The summed E-state index contributed by atoms with van der Waals surface area (Å²) in [5.74, 6) is 0.150. The molecule has 1 unspecified atom stereocenters. The minimum absolute atomic E-state index is 0.241. The van der Waals surface area contributed by atoms with Crippen molar-refractivity contribution < 1.29 is 14.3 Å². The molecule has 0 aromatic heterocycles. The van der Waals surface area contributed by atoms with Crippen LogP contribution in [0.5, 0.6) is 5.75 Å². The highest BCUT2D eigenvalue weighted by molar-refractivity contribution is 6.05. The van der Waals surface area contributed by atoms with E-state index in [4.69, 9.17) is 4.74 Å². The molecule has 0 spiro atoms. The quantitative estimate of drug-likeness (QED) is 0.596. The van der Waals surface area contributed by atoms with Gasteiger partial charge in [0.15, 0.2) is 6.10 Å². The van der Waals surface area contributed by atoms with E-state index in [1.807, 2.05) is 68.4 Å². The smallest absolute Gasteiger partial charge is 0.265 e. The van der Waals surface area contributed by atoms with Gasteiger partial charge < -0.3 is 15.4 Å². The Morgan fingerprint density at radius 2 is 1.55 bits per heavy atom. The van der Waals surface area contributed by atoms with Gasteiger partial charge in [-0.3, -0.25) is 9.59 Å². The molecule has 5 nitrogen and oxygen atoms in total. The number of aryl methyl sites for hydroxylation is 1. The third kappa shape index (κ3) is 5.69. The van der Waals surface area contributed by atoms with Gasteiger partial charge in [0, 0.05) is 16.9 Å². The molecule has 0 aliphatic carbocycles. The maximum absolute atomic E-state index is 12.7. The molecule has 3 rings (SSSR count). The van der Waals surface area contributed by atoms with Crippen LogP contribution in [0, 0.1) is 6.92 Å². The Hall–Kier alpha value is -3.60. The maximum atomic E-state index is 12.7. The van der Waals surface area contributed by atoms with E-state index in [0.29, 0.717) is 29.1 Å². The molecule has 0 aliphatic heterocycles. The van der Waals surface area contributed by atoms with Crippen LogP contribution in [0.3, 0.4) is 0 Å². The molecule has 0 saturated heterocycles. The SMILES string of the molecule is CCC(Oc1ccc(C)cc1)C(=O)Nc1cccc(C(=O)Nc2ccccc2)c1. The van der Waals surface area contributed by atoms with Crippen molar-refractivity contribution in [1.82, 2.24) is 0 Å². The zero-order chi connectivity index (χ0) is 20.6. The summed E-state index contributed by atoms with van der Waals surface area (Å²) >= 11 is 0. The second-order valence-corrected chi connectivity index (χ2v) is 6.72. The number of carbonyl (C=O) groups is 2. The summed E-state index contributed by atoms with van der Waals surface area (Å²) in [7, 11) is 0. The van der Waals surface area contributed by atoms with E-state index < -0.39 is 6.10 Å². The van der Waals surface area contributed by atoms with Crippen molar-refractivity contribution in [1.29, 1.82) is 0 Å². The summed E-state index contributed by atoms with van der Waals surface area (Å²) in [6.45, 7) is 3.89. The van der Waals surface area contributed by atoms with E-state index in [2.05, 4.69) is 10.6 Å². The molecule has 5 heteroatoms. The number of rotatable bonds is 7. The average Bonchev–Trinajstić information content (AvgIpc) is 2.74. The fourth-order valence-corrected chi connectivity index (χ4v) is 2.79. The Morgan fingerprint density at radius 3 is 2.24 bits per heavy atom. The van der Waals surface area contributed by atoms with Crippen molar-refractivity contribution in [2.75, 3.05) is 10.6 Å². The molecule has 3 aromatic rings. The van der Waals surface area contributed by atoms with Crippen LogP contribution in [0.2, 0.25) is 0 Å². The molecule has 2 amide bonds. The van der Waals surface area contributed by atoms with Crippen LogP contribution in [0.1, 0.15) is 29.3 Å². The molecule has 3 aromatic carbocycles. The molecule has 1 atom stereocenters. The van der Waals surface area contributed by atoms with Crippen molar-refractivity contribution >= 4 is 23.2 Å². The molecular weight excluding hydrogens is 364 g/mol. The van der Waals surface area contributed by atoms with E-state index in [0.717, 1.165) is 5.56 Å². The van der Waals surface area contributed by atoms with E-state index in [-0.39, 0.29) is 11.8 Å². The first-order valence-corrected chi connectivity index (χ1v) is 9.56. The zero-order valence-corrected chi connectivity index (χ0v) is 16.5. The number of carbonyl (C=O) groups excluding carboxylic acids is 2. The predicted octanol–water partition coefficient (Wildman–Crippen LogP) is 5.04. The standard InChI is InChI=1S/C24H24N2O3/c1-3-22(29-21-14-12-17(2)13-15-21)24(28)26-20-11-7-8-18(16-20)23(27)25-19-9-5-4-6-10-19/h4-16,22H,3H2,1-2H3,(H,25,27)(H,26,28). The van der Waals surface area contributed by atoms with Crippen LogP contribution in [0.4, 0.5) is 11.4 Å². The Morgan fingerprint density at radius 1 is 0.862 bits per heavy atom. The van der Waals surface area contributed by atoms with Gasteiger partial charge >= 0.3 is 0 Å². The average molecular weight is 388 g/mol. The first-order valence-electron chi connectivity index (χ1n) is 9.56. The first-order chi connectivity index (χ1) is 14.0. The Balaban J connectivity index is 1.65. The van der Waals surface area contributed by atoms with Crippen molar-refractivity contribution in [3.63, 3.8) is 0 Å². The maximum Gasteiger partial charge on any atom is 0.265 e. The fraction of sp³-hybridized carbons (Fsp3) is 0.167. The number of hydrogen-bond acceptors (Lipinski definition) is 3. The van der Waals surface area contributed by atoms with E-state index in [1.165, 1.54) is 0 Å². The van der Waals surface area contributed by atoms with Gasteiger partial charge in [-0.15, -0.1) is 0 Å². The molecule has 0 bridgehead atoms. The first kappa shape index (κ1) is 20.1. The zero-order valence-electron chi connectivity index (χ0n) is 16.5. The molecule has 0 radical (unpaired) electrons. The number of hydrogen-bond donors (Lipinski definition) is 2. The van der Waals surface area contributed by atoms with E-state index in [1.54, 1.807) is 24.3 Å². The second kappa shape index (κ2) is 9.55. The molecule has 0 heterocycles. The highest BCUT2D eigenvalue weighted by Crippen LogP contribution is 2.17. The molecule has 2 N–H and O–H groups in total. The van der Waals surface area contributed by atoms with Gasteiger partial charge in [0.1, 0.15) is 5.75 Å². The number of amides is 2. The number of ether oxygens (including phenoxy) is 1. The second-order valence-electron chi connectivity index (χ2n) is 6.72. The Bertz CT molecular complexity index is 969. The predicted molar refractivity (Wildman–Crippen MR) is 115 cm³/mol. The summed E-state index contributed by atoms with van der Waals surface area (Å²) < 4.78 is 5.82. The van der Waals surface area contributed by atoms with E-state index >= 15 is 0 Å². The van der Waals surface area contributed by atoms with Crippen LogP contribution >= 0.6 is 0 Å². The van der Waals surface area contributed by atoms with Crippen molar-refractivity contribution in [2.24, 2.45) is 0 Å². The van der Waals surface area contributed by atoms with Gasteiger partial charge in [-0.2, -0.15) is 0 Å². The lowest BCUT2D eigenvalue weighted by Crippen LogP contribution is -2.32. The summed E-state index contributed by atoms with van der Waals surface area (Å²) in [5, 5.41) is 5.67. The summed E-state index contributed by atoms with van der Waals surface area (Å²) in [6.07, 6.45) is -0.104. The number of anilines is 2. The normalized spacial score (nSPS) is 11.4. The van der Waals surface area contributed by atoms with Crippen molar-refractivity contribution in [3.8, 4) is 5.75 Å². The van der Waals surface area contributed by atoms with Crippen molar-refractivity contribution in [3.05, 3.63) is 90.0 Å². The van der Waals surface area contributed by atoms with E-state index in [9.17, 15) is 9.59 Å². The highest BCUT2D eigenvalue weighted by atomic mass is 16.5. The van der Waals surface area contributed by atoms with Crippen LogP contribution in [0.15, 0.2) is 78.9 Å². The summed E-state index contributed by atoms with van der Waals surface area (Å²) in [4.78, 5) is 25.1. The lowest BCUT2D eigenvalue weighted by Gasteiger charge is -2.17. The van der Waals surface area contributed by atoms with Gasteiger partial charge in [0.25, 0.3) is 11.8 Å². The molecule has 148 valence electrons. The Labute approximate surface area is 170 Å². The van der Waals surface area contributed by atoms with Crippen LogP contribution < -0.4 is 15.4 Å². The fourth-order valence-electron chi connectivity index (χ4n) is 2.79. The highest BCUT2D eigenvalue weighted by Gasteiger charge is 2.19. The molecule has 0 fully saturated rings. The van der Waals surface area contributed by atoms with Gasteiger partial charge in [-0.05, 0) is 55.8 Å². The van der Waals surface area contributed by atoms with Crippen molar-refractivity contribution in [2.45, 2.75) is 26.4 Å². The third-order valence-electron chi connectivity index (χ3n) is 4.39. The lowest BCUT2D eigenvalue weighted by molar-refractivity contribution is -0.122. The largest absolute Gasteiger partial charge is 0.481 e. The molecular formula is C24H24N2O3. The van der Waals surface area contributed by atoms with Gasteiger partial charge in [-0.25, -0.2) is 0 Å². The lowest BCUT2D eigenvalue weighted by atomic mass is 10.1. The minimum Gasteiger partial charge on any atom is -0.481 e. The van der Waals surface area contributed by atoms with Gasteiger partial charge in [0.2, 0.25) is 0 Å². The molecule has 0 aliphatic rings. The Kier molecular flexibility index (Phi) is 6.63. The molecule has 0 saturated carbocycles. The topological polar surface area (TPSA) is 67.4 Å². The van der Waals surface area contributed by atoms with Gasteiger partial charge in [0.05, 0.1) is 0 Å². The minimum atomic E-state index is -0.625. The molecule has 29 heavy (non-hydrogen) atoms. The number of benzene rings is 3. The number of para-hydroxylation sites is 1. The number of nitrogens with one attached hydrogen (secondary N) is 2. The third-order valence-corrected chi connectivity index (χ3v) is 4.39. The summed E-state index contributed by atoms with van der Waals surface area (Å²) in [5.41, 5.74) is 2.84. The van der Waals surface area contributed by atoms with Crippen LogP contribution in [-0.4, -0.2) is 17.9 Å².